The number of hydrogen-bond donors (Lipinski definition) is 1. The number of aliphatic carboxylic acids is 1. The molecule has 0 saturated heterocycles. The Labute approximate surface area is 145 Å². The molecular weight excluding hydrogens is 328 g/mol. The van der Waals surface area contributed by atoms with Gasteiger partial charge in [0.2, 0.25) is 6.79 Å². The molecule has 1 aromatic carbocycles. The molecule has 134 valence electrons. The predicted molar refractivity (Wildman–Crippen MR) is 87.0 cm³/mol. The Morgan fingerprint density at radius 3 is 2.32 bits per heavy atom. The number of benzene rings is 1. The first kappa shape index (κ1) is 18.5. The van der Waals surface area contributed by atoms with E-state index in [1.54, 1.807) is 24.3 Å². The van der Waals surface area contributed by atoms with Crippen LogP contribution in [-0.2, 0) is 19.1 Å². The lowest BCUT2D eigenvalue weighted by atomic mass is 9.87. The maximum atomic E-state index is 12.1. The van der Waals surface area contributed by atoms with Crippen LogP contribution in [0.2, 0.25) is 0 Å². The van der Waals surface area contributed by atoms with Crippen LogP contribution in [0, 0.1) is 5.92 Å². The highest BCUT2D eigenvalue weighted by Gasteiger charge is 2.28. The molecule has 0 amide bonds. The second-order valence-electron chi connectivity index (χ2n) is 5.67. The van der Waals surface area contributed by atoms with E-state index in [2.05, 4.69) is 11.3 Å². The topological polar surface area (TPSA) is 99.1 Å². The summed E-state index contributed by atoms with van der Waals surface area (Å²) in [7, 11) is 0. The smallest absolute Gasteiger partial charge is 0.338 e. The predicted octanol–water partition coefficient (Wildman–Crippen LogP) is 2.55. The molecule has 1 fully saturated rings. The zero-order valence-corrected chi connectivity index (χ0v) is 13.7. The second-order valence-corrected chi connectivity index (χ2v) is 5.67. The third-order valence-corrected chi connectivity index (χ3v) is 3.98. The Bertz CT molecular complexity index is 627. The number of esters is 2. The fourth-order valence-electron chi connectivity index (χ4n) is 2.55. The van der Waals surface area contributed by atoms with Crippen molar-refractivity contribution in [2.75, 3.05) is 6.79 Å². The van der Waals surface area contributed by atoms with Crippen molar-refractivity contribution in [1.29, 1.82) is 0 Å². The second kappa shape index (κ2) is 8.86. The molecule has 0 spiro atoms. The zero-order chi connectivity index (χ0) is 18.2. The van der Waals surface area contributed by atoms with Crippen LogP contribution in [0.4, 0.5) is 0 Å². The summed E-state index contributed by atoms with van der Waals surface area (Å²) in [5.74, 6) is -1.74. The minimum atomic E-state index is -0.792. The molecule has 25 heavy (non-hydrogen) atoms. The number of hydrogen-bond acceptors (Lipinski definition) is 6. The summed E-state index contributed by atoms with van der Waals surface area (Å²) in [5, 5.41) is 8.96. The summed E-state index contributed by atoms with van der Waals surface area (Å²) in [6.45, 7) is 3.02. The quantitative estimate of drug-likeness (QED) is 0.459. The largest absolute Gasteiger partial charge is 0.481 e. The van der Waals surface area contributed by atoms with Gasteiger partial charge in [0.15, 0.2) is 0 Å². The Kier molecular flexibility index (Phi) is 6.56. The van der Waals surface area contributed by atoms with E-state index in [0.717, 1.165) is 6.08 Å². The van der Waals surface area contributed by atoms with Gasteiger partial charge in [0.05, 0.1) is 11.5 Å². The molecular formula is C18H20O7. The van der Waals surface area contributed by atoms with Gasteiger partial charge in [0, 0.05) is 6.08 Å². The number of rotatable bonds is 7. The zero-order valence-electron chi connectivity index (χ0n) is 13.7. The molecule has 0 heterocycles. The first-order valence-electron chi connectivity index (χ1n) is 7.95. The van der Waals surface area contributed by atoms with E-state index in [0.29, 0.717) is 37.0 Å². The lowest BCUT2D eigenvalue weighted by Crippen LogP contribution is -2.27. The van der Waals surface area contributed by atoms with Gasteiger partial charge >= 0.3 is 17.9 Å². The fourth-order valence-corrected chi connectivity index (χ4v) is 2.55. The van der Waals surface area contributed by atoms with Crippen molar-refractivity contribution < 1.29 is 33.7 Å². The molecule has 0 bridgehead atoms. The van der Waals surface area contributed by atoms with Gasteiger partial charge in [-0.15, -0.1) is 0 Å². The van der Waals surface area contributed by atoms with Gasteiger partial charge in [-0.1, -0.05) is 6.58 Å². The van der Waals surface area contributed by atoms with Crippen LogP contribution in [-0.4, -0.2) is 35.9 Å². The summed E-state index contributed by atoms with van der Waals surface area (Å²) in [5.41, 5.74) is 0.371. The molecule has 1 aromatic rings. The highest BCUT2D eigenvalue weighted by atomic mass is 16.7. The van der Waals surface area contributed by atoms with E-state index in [-0.39, 0.29) is 18.8 Å². The molecule has 0 atom stereocenters. The Hall–Kier alpha value is -2.83. The summed E-state index contributed by atoms with van der Waals surface area (Å²) in [4.78, 5) is 33.9. The van der Waals surface area contributed by atoms with Crippen LogP contribution in [0.25, 0.3) is 0 Å². The Balaban J connectivity index is 1.79. The maximum absolute atomic E-state index is 12.1. The van der Waals surface area contributed by atoms with Crippen LogP contribution in [0.1, 0.15) is 36.0 Å². The lowest BCUT2D eigenvalue weighted by Gasteiger charge is -2.25. The van der Waals surface area contributed by atoms with Crippen molar-refractivity contribution in [2.24, 2.45) is 5.92 Å². The molecule has 7 nitrogen and oxygen atoms in total. The van der Waals surface area contributed by atoms with Crippen molar-refractivity contribution in [3.8, 4) is 5.75 Å². The molecule has 0 aromatic heterocycles. The molecule has 0 aliphatic heterocycles. The average molecular weight is 348 g/mol. The molecule has 1 aliphatic rings. The third kappa shape index (κ3) is 5.63. The highest BCUT2D eigenvalue weighted by molar-refractivity contribution is 5.89. The van der Waals surface area contributed by atoms with E-state index >= 15 is 0 Å². The number of carboxylic acids is 1. The number of ether oxygens (including phenoxy) is 3. The van der Waals surface area contributed by atoms with Crippen LogP contribution in [0.5, 0.6) is 5.75 Å². The summed E-state index contributed by atoms with van der Waals surface area (Å²) in [6.07, 6.45) is 2.92. The Morgan fingerprint density at radius 1 is 1.12 bits per heavy atom. The van der Waals surface area contributed by atoms with Crippen LogP contribution >= 0.6 is 0 Å². The minimum absolute atomic E-state index is 0.249. The standard InChI is InChI=1S/C18H20O7/c1-2-16(19)24-11-23-14-7-5-13(6-8-14)18(22)25-15-9-3-12(4-10-15)17(20)21/h2,5-8,12,15H,1,3-4,9-11H2,(H,20,21). The number of carbonyl (C=O) groups excluding carboxylic acids is 2. The molecule has 0 unspecified atom stereocenters. The van der Waals surface area contributed by atoms with E-state index < -0.39 is 17.9 Å². The molecule has 7 heteroatoms. The van der Waals surface area contributed by atoms with Gasteiger partial charge in [0.25, 0.3) is 0 Å². The van der Waals surface area contributed by atoms with Gasteiger partial charge in [-0.3, -0.25) is 4.79 Å². The normalized spacial score (nSPS) is 19.5. The molecule has 0 radical (unpaired) electrons. The van der Waals surface area contributed by atoms with Crippen LogP contribution in [0.15, 0.2) is 36.9 Å². The third-order valence-electron chi connectivity index (χ3n) is 3.98. The van der Waals surface area contributed by atoms with Crippen molar-refractivity contribution >= 4 is 17.9 Å². The summed E-state index contributed by atoms with van der Waals surface area (Å²) < 4.78 is 15.3. The first-order valence-corrected chi connectivity index (χ1v) is 7.95. The van der Waals surface area contributed by atoms with E-state index in [1.165, 1.54) is 0 Å². The average Bonchev–Trinajstić information content (AvgIpc) is 2.62. The minimum Gasteiger partial charge on any atom is -0.481 e. The van der Waals surface area contributed by atoms with Crippen molar-refractivity contribution in [3.05, 3.63) is 42.5 Å². The first-order chi connectivity index (χ1) is 12.0. The van der Waals surface area contributed by atoms with Gasteiger partial charge in [-0.25, -0.2) is 9.59 Å². The molecule has 1 N–H and O–H groups in total. The van der Waals surface area contributed by atoms with Gasteiger partial charge in [-0.2, -0.15) is 0 Å². The van der Waals surface area contributed by atoms with Gasteiger partial charge in [-0.05, 0) is 49.9 Å². The van der Waals surface area contributed by atoms with E-state index in [9.17, 15) is 14.4 Å². The lowest BCUT2D eigenvalue weighted by molar-refractivity contribution is -0.144. The van der Waals surface area contributed by atoms with Crippen LogP contribution < -0.4 is 4.74 Å². The fraction of sp³-hybridized carbons (Fsp3) is 0.389. The van der Waals surface area contributed by atoms with E-state index in [1.807, 2.05) is 0 Å². The summed E-state index contributed by atoms with van der Waals surface area (Å²) >= 11 is 0. The van der Waals surface area contributed by atoms with Crippen LogP contribution in [0.3, 0.4) is 0 Å². The molecule has 1 saturated carbocycles. The monoisotopic (exact) mass is 348 g/mol. The van der Waals surface area contributed by atoms with Crippen molar-refractivity contribution in [3.63, 3.8) is 0 Å². The SMILES string of the molecule is C=CC(=O)OCOc1ccc(C(=O)OC2CCC(C(=O)O)CC2)cc1. The van der Waals surface area contributed by atoms with Crippen molar-refractivity contribution in [1.82, 2.24) is 0 Å². The van der Waals surface area contributed by atoms with E-state index in [4.69, 9.17) is 14.6 Å². The molecule has 2 rings (SSSR count). The molecule has 1 aliphatic carbocycles. The van der Waals surface area contributed by atoms with Gasteiger partial charge < -0.3 is 19.3 Å². The summed E-state index contributed by atoms with van der Waals surface area (Å²) in [6, 6.07) is 6.24. The number of carbonyl (C=O) groups is 3. The highest BCUT2D eigenvalue weighted by Crippen LogP contribution is 2.27. The van der Waals surface area contributed by atoms with Gasteiger partial charge in [0.1, 0.15) is 11.9 Å². The number of carboxylic acid groups (broad SMARTS) is 1. The maximum Gasteiger partial charge on any atom is 0.338 e. The Morgan fingerprint density at radius 2 is 1.76 bits per heavy atom. The van der Waals surface area contributed by atoms with Crippen molar-refractivity contribution in [2.45, 2.75) is 31.8 Å².